The summed E-state index contributed by atoms with van der Waals surface area (Å²) in [5, 5.41) is 19.6. The van der Waals surface area contributed by atoms with Crippen molar-refractivity contribution in [2.75, 3.05) is 12.3 Å². The summed E-state index contributed by atoms with van der Waals surface area (Å²) in [7, 11) is 0. The lowest BCUT2D eigenvalue weighted by molar-refractivity contribution is -0.122. The Labute approximate surface area is 152 Å². The largest absolute Gasteiger partial charge is 0.355 e. The van der Waals surface area contributed by atoms with Crippen molar-refractivity contribution in [2.24, 2.45) is 0 Å². The van der Waals surface area contributed by atoms with E-state index in [2.05, 4.69) is 25.7 Å². The Bertz CT molecular complexity index is 953. The van der Waals surface area contributed by atoms with E-state index >= 15 is 0 Å². The van der Waals surface area contributed by atoms with Gasteiger partial charge in [0, 0.05) is 17.7 Å². The fraction of sp³-hybridized carbons (Fsp3) is 0.312. The van der Waals surface area contributed by atoms with Crippen LogP contribution in [0.15, 0.2) is 33.4 Å². The monoisotopic (exact) mass is 375 g/mol. The molecular weight excluding hydrogens is 358 g/mol. The maximum Gasteiger partial charge on any atom is 0.272 e. The van der Waals surface area contributed by atoms with Crippen LogP contribution in [-0.2, 0) is 4.79 Å². The summed E-state index contributed by atoms with van der Waals surface area (Å²) in [6, 6.07) is 7.16. The standard InChI is InChI=1S/C16H17N5O2S2/c1-9(13-11-5-3-4-6-12(11)15(23)20-19-13)14(22)17-7-8-24-16-21-18-10(2)25-16/h3-6,9H,7-8H2,1-2H3,(H,17,22)(H,20,23)/t9-/m0/s1. The number of carbonyl (C=O) groups excluding carboxylic acids is 1. The minimum Gasteiger partial charge on any atom is -0.355 e. The van der Waals surface area contributed by atoms with E-state index in [-0.39, 0.29) is 11.5 Å². The van der Waals surface area contributed by atoms with Gasteiger partial charge in [0.05, 0.1) is 17.0 Å². The SMILES string of the molecule is Cc1nnc(SCCNC(=O)[C@@H](C)c2n[nH]c(=O)c3ccccc23)s1. The number of nitrogens with zero attached hydrogens (tertiary/aromatic N) is 3. The van der Waals surface area contributed by atoms with Crippen LogP contribution in [0.1, 0.15) is 23.5 Å². The molecule has 130 valence electrons. The van der Waals surface area contributed by atoms with Crippen molar-refractivity contribution < 1.29 is 4.79 Å². The molecule has 1 aromatic carbocycles. The van der Waals surface area contributed by atoms with Crippen LogP contribution in [0, 0.1) is 6.92 Å². The first-order valence-corrected chi connectivity index (χ1v) is 9.54. The highest BCUT2D eigenvalue weighted by atomic mass is 32.2. The van der Waals surface area contributed by atoms with E-state index in [1.165, 1.54) is 11.3 Å². The summed E-state index contributed by atoms with van der Waals surface area (Å²) in [5.74, 6) is 0.127. The summed E-state index contributed by atoms with van der Waals surface area (Å²) in [4.78, 5) is 24.2. The lowest BCUT2D eigenvalue weighted by Crippen LogP contribution is -2.31. The second kappa shape index (κ2) is 7.75. The number of fused-ring (bicyclic) bond motifs is 1. The topological polar surface area (TPSA) is 101 Å². The minimum absolute atomic E-state index is 0.126. The van der Waals surface area contributed by atoms with Crippen molar-refractivity contribution >= 4 is 39.8 Å². The van der Waals surface area contributed by atoms with Crippen molar-refractivity contribution in [3.63, 3.8) is 0 Å². The number of benzene rings is 1. The van der Waals surface area contributed by atoms with Gasteiger partial charge in [-0.1, -0.05) is 41.3 Å². The molecule has 0 bridgehead atoms. The van der Waals surface area contributed by atoms with E-state index in [9.17, 15) is 9.59 Å². The van der Waals surface area contributed by atoms with E-state index in [0.29, 0.717) is 28.8 Å². The second-order valence-electron chi connectivity index (χ2n) is 5.43. The van der Waals surface area contributed by atoms with Gasteiger partial charge in [-0.15, -0.1) is 10.2 Å². The van der Waals surface area contributed by atoms with Gasteiger partial charge in [-0.2, -0.15) is 5.10 Å². The number of nitrogens with one attached hydrogen (secondary N) is 2. The zero-order valence-corrected chi connectivity index (χ0v) is 15.4. The van der Waals surface area contributed by atoms with Gasteiger partial charge in [0.15, 0.2) is 4.34 Å². The molecule has 2 heterocycles. The van der Waals surface area contributed by atoms with Crippen molar-refractivity contribution in [2.45, 2.75) is 24.1 Å². The number of aryl methyl sites for hydroxylation is 1. The number of thioether (sulfide) groups is 1. The Balaban J connectivity index is 1.63. The predicted octanol–water partition coefficient (Wildman–Crippen LogP) is 2.10. The van der Waals surface area contributed by atoms with Gasteiger partial charge in [0.2, 0.25) is 5.91 Å². The third kappa shape index (κ3) is 4.05. The number of aromatic nitrogens is 4. The molecule has 0 unspecified atom stereocenters. The molecule has 0 aliphatic rings. The van der Waals surface area contributed by atoms with Crippen LogP contribution >= 0.6 is 23.1 Å². The van der Waals surface area contributed by atoms with Crippen LogP contribution in [0.4, 0.5) is 0 Å². The van der Waals surface area contributed by atoms with Crippen LogP contribution < -0.4 is 10.9 Å². The Hall–Kier alpha value is -2.26. The van der Waals surface area contributed by atoms with Gasteiger partial charge >= 0.3 is 0 Å². The fourth-order valence-electron chi connectivity index (χ4n) is 2.39. The van der Waals surface area contributed by atoms with E-state index in [1.807, 2.05) is 19.1 Å². The van der Waals surface area contributed by atoms with Crippen molar-refractivity contribution in [3.05, 3.63) is 45.3 Å². The zero-order chi connectivity index (χ0) is 17.8. The first kappa shape index (κ1) is 17.6. The number of hydrogen-bond donors (Lipinski definition) is 2. The first-order valence-electron chi connectivity index (χ1n) is 7.74. The van der Waals surface area contributed by atoms with Crippen LogP contribution in [0.2, 0.25) is 0 Å². The minimum atomic E-state index is -0.462. The van der Waals surface area contributed by atoms with Gasteiger partial charge < -0.3 is 5.32 Å². The number of amides is 1. The number of carbonyl (C=O) groups is 1. The molecule has 0 saturated heterocycles. The van der Waals surface area contributed by atoms with Gasteiger partial charge in [-0.05, 0) is 19.9 Å². The molecule has 25 heavy (non-hydrogen) atoms. The number of rotatable bonds is 6. The average molecular weight is 375 g/mol. The van der Waals surface area contributed by atoms with E-state index in [1.54, 1.807) is 30.8 Å². The second-order valence-corrected chi connectivity index (χ2v) is 7.96. The lowest BCUT2D eigenvalue weighted by atomic mass is 10.0. The molecule has 3 aromatic rings. The highest BCUT2D eigenvalue weighted by molar-refractivity contribution is 8.01. The van der Waals surface area contributed by atoms with Gasteiger partial charge in [-0.25, -0.2) is 5.10 Å². The molecule has 1 atom stereocenters. The third-order valence-corrected chi connectivity index (χ3v) is 5.64. The molecule has 0 aliphatic heterocycles. The van der Waals surface area contributed by atoms with Crippen molar-refractivity contribution in [1.29, 1.82) is 0 Å². The Morgan fingerprint density at radius 2 is 2.08 bits per heavy atom. The quantitative estimate of drug-likeness (QED) is 0.505. The summed E-state index contributed by atoms with van der Waals surface area (Å²) in [5.41, 5.74) is 0.316. The summed E-state index contributed by atoms with van der Waals surface area (Å²) >= 11 is 3.10. The van der Waals surface area contributed by atoms with Crippen LogP contribution in [-0.4, -0.2) is 38.6 Å². The van der Waals surface area contributed by atoms with E-state index in [4.69, 9.17) is 0 Å². The summed E-state index contributed by atoms with van der Waals surface area (Å²) < 4.78 is 0.896. The summed E-state index contributed by atoms with van der Waals surface area (Å²) in [6.07, 6.45) is 0. The average Bonchev–Trinajstić information content (AvgIpc) is 3.04. The Kier molecular flexibility index (Phi) is 5.44. The zero-order valence-electron chi connectivity index (χ0n) is 13.8. The molecular formula is C16H17N5O2S2. The lowest BCUT2D eigenvalue weighted by Gasteiger charge is -2.13. The normalized spacial score (nSPS) is 12.2. The molecule has 9 heteroatoms. The smallest absolute Gasteiger partial charge is 0.272 e. The van der Waals surface area contributed by atoms with Crippen LogP contribution in [0.25, 0.3) is 10.8 Å². The van der Waals surface area contributed by atoms with Crippen molar-refractivity contribution in [1.82, 2.24) is 25.7 Å². The first-order chi connectivity index (χ1) is 12.1. The molecule has 2 N–H and O–H groups in total. The maximum absolute atomic E-state index is 12.4. The summed E-state index contributed by atoms with van der Waals surface area (Å²) in [6.45, 7) is 4.21. The molecule has 2 aromatic heterocycles. The van der Waals surface area contributed by atoms with Crippen LogP contribution in [0.3, 0.4) is 0 Å². The number of H-pyrrole nitrogens is 1. The maximum atomic E-state index is 12.4. The fourth-order valence-corrected chi connectivity index (χ4v) is 4.13. The molecule has 0 saturated carbocycles. The Morgan fingerprint density at radius 1 is 1.32 bits per heavy atom. The van der Waals surface area contributed by atoms with E-state index < -0.39 is 5.92 Å². The van der Waals surface area contributed by atoms with Crippen LogP contribution in [0.5, 0.6) is 0 Å². The molecule has 0 spiro atoms. The number of aromatic amines is 1. The molecule has 0 radical (unpaired) electrons. The van der Waals surface area contributed by atoms with Gasteiger partial charge in [-0.3, -0.25) is 9.59 Å². The highest BCUT2D eigenvalue weighted by Gasteiger charge is 2.20. The molecule has 0 aliphatic carbocycles. The molecule has 7 nitrogen and oxygen atoms in total. The Morgan fingerprint density at radius 3 is 2.80 bits per heavy atom. The van der Waals surface area contributed by atoms with Crippen molar-refractivity contribution in [3.8, 4) is 0 Å². The highest BCUT2D eigenvalue weighted by Crippen LogP contribution is 2.22. The predicted molar refractivity (Wildman–Crippen MR) is 99.2 cm³/mol. The molecule has 3 rings (SSSR count). The third-order valence-electron chi connectivity index (χ3n) is 3.66. The number of hydrogen-bond acceptors (Lipinski definition) is 7. The van der Waals surface area contributed by atoms with Gasteiger partial charge in [0.25, 0.3) is 5.56 Å². The van der Waals surface area contributed by atoms with Gasteiger partial charge in [0.1, 0.15) is 5.01 Å². The molecule has 1 amide bonds. The molecule has 0 fully saturated rings. The van der Waals surface area contributed by atoms with E-state index in [0.717, 1.165) is 9.35 Å².